The molecule has 0 aromatic heterocycles. The first-order valence-corrected chi connectivity index (χ1v) is 5.64. The fourth-order valence-electron chi connectivity index (χ4n) is 0.801. The monoisotopic (exact) mass is 177 g/mol. The van der Waals surface area contributed by atoms with Crippen LogP contribution in [-0.2, 0) is 10.8 Å². The largest absolute Gasteiger partial charge is 0.330 e. The summed E-state index contributed by atoms with van der Waals surface area (Å²) in [7, 11) is -0.616. The van der Waals surface area contributed by atoms with Crippen molar-refractivity contribution < 1.29 is 4.21 Å². The number of hydrogen-bond donors (Lipinski definition) is 1. The van der Waals surface area contributed by atoms with Crippen molar-refractivity contribution in [2.75, 3.05) is 12.3 Å². The lowest BCUT2D eigenvalue weighted by molar-refractivity contribution is 0.666. The summed E-state index contributed by atoms with van der Waals surface area (Å²) in [6, 6.07) is 0. The molecule has 0 bridgehead atoms. The molecule has 0 radical (unpaired) electrons. The maximum absolute atomic E-state index is 11.2. The normalized spacial score (nSPS) is 13.8. The third-order valence-electron chi connectivity index (χ3n) is 1.58. The number of rotatable bonds is 6. The molecule has 0 aliphatic rings. The molecule has 1 atom stereocenters. The second kappa shape index (κ2) is 6.80. The Balaban J connectivity index is 3.18. The fourth-order valence-corrected chi connectivity index (χ4v) is 1.76. The molecule has 0 saturated heterocycles. The van der Waals surface area contributed by atoms with Crippen molar-refractivity contribution in [3.05, 3.63) is 0 Å². The van der Waals surface area contributed by atoms with E-state index in [1.54, 1.807) is 0 Å². The summed E-state index contributed by atoms with van der Waals surface area (Å²) >= 11 is 0. The Bertz CT molecular complexity index is 115. The van der Waals surface area contributed by atoms with Crippen LogP contribution < -0.4 is 5.73 Å². The van der Waals surface area contributed by atoms with E-state index >= 15 is 0 Å². The minimum absolute atomic E-state index is 0.313. The van der Waals surface area contributed by atoms with Gasteiger partial charge in [0.25, 0.3) is 0 Å². The van der Waals surface area contributed by atoms with Crippen molar-refractivity contribution in [2.24, 2.45) is 5.73 Å². The zero-order chi connectivity index (χ0) is 8.69. The van der Waals surface area contributed by atoms with Gasteiger partial charge in [-0.1, -0.05) is 20.3 Å². The third-order valence-corrected chi connectivity index (χ3v) is 3.32. The summed E-state index contributed by atoms with van der Waals surface area (Å²) in [5.41, 5.74) is 5.33. The minimum atomic E-state index is -0.616. The van der Waals surface area contributed by atoms with Crippen molar-refractivity contribution in [3.8, 4) is 0 Å². The smallest absolute Gasteiger partial charge is 0.0291 e. The highest BCUT2D eigenvalue weighted by molar-refractivity contribution is 7.85. The minimum Gasteiger partial charge on any atom is -0.330 e. The number of hydrogen-bond acceptors (Lipinski definition) is 2. The standard InChI is InChI=1S/C8H19NOS/c1-8(2)11(10)7-5-3-4-6-9/h8H,3-7,9H2,1-2H3. The van der Waals surface area contributed by atoms with Gasteiger partial charge in [0.15, 0.2) is 0 Å². The van der Waals surface area contributed by atoms with Crippen LogP contribution in [0.15, 0.2) is 0 Å². The van der Waals surface area contributed by atoms with Crippen molar-refractivity contribution >= 4 is 10.8 Å². The van der Waals surface area contributed by atoms with Crippen LogP contribution in [0.1, 0.15) is 33.1 Å². The van der Waals surface area contributed by atoms with E-state index in [2.05, 4.69) is 0 Å². The highest BCUT2D eigenvalue weighted by Crippen LogP contribution is 2.00. The maximum atomic E-state index is 11.2. The van der Waals surface area contributed by atoms with Crippen LogP contribution in [0, 0.1) is 0 Å². The second-order valence-electron chi connectivity index (χ2n) is 2.98. The Kier molecular flexibility index (Phi) is 6.87. The molecule has 0 fully saturated rings. The fraction of sp³-hybridized carbons (Fsp3) is 1.00. The van der Waals surface area contributed by atoms with Crippen LogP contribution >= 0.6 is 0 Å². The van der Waals surface area contributed by atoms with Crippen LogP contribution in [0.2, 0.25) is 0 Å². The molecule has 0 aliphatic carbocycles. The topological polar surface area (TPSA) is 43.1 Å². The molecule has 0 amide bonds. The van der Waals surface area contributed by atoms with E-state index in [0.29, 0.717) is 5.25 Å². The lowest BCUT2D eigenvalue weighted by atomic mass is 10.2. The van der Waals surface area contributed by atoms with Gasteiger partial charge in [0, 0.05) is 21.8 Å². The van der Waals surface area contributed by atoms with E-state index in [-0.39, 0.29) is 0 Å². The summed E-state index contributed by atoms with van der Waals surface area (Å²) in [5.74, 6) is 0.845. The summed E-state index contributed by atoms with van der Waals surface area (Å²) < 4.78 is 11.2. The van der Waals surface area contributed by atoms with E-state index in [4.69, 9.17) is 5.73 Å². The first-order chi connectivity index (χ1) is 5.18. The van der Waals surface area contributed by atoms with Gasteiger partial charge in [-0.25, -0.2) is 0 Å². The van der Waals surface area contributed by atoms with Crippen LogP contribution in [0.4, 0.5) is 0 Å². The Morgan fingerprint density at radius 3 is 2.36 bits per heavy atom. The zero-order valence-corrected chi connectivity index (χ0v) is 8.32. The first kappa shape index (κ1) is 11.1. The quantitative estimate of drug-likeness (QED) is 0.621. The molecule has 0 spiro atoms. The SMILES string of the molecule is CC(C)S(=O)CCCCCN. The summed E-state index contributed by atoms with van der Waals surface area (Å²) in [5, 5.41) is 0.313. The van der Waals surface area contributed by atoms with E-state index < -0.39 is 10.8 Å². The predicted octanol–water partition coefficient (Wildman–Crippen LogP) is 1.27. The second-order valence-corrected chi connectivity index (χ2v) is 5.10. The molecule has 68 valence electrons. The van der Waals surface area contributed by atoms with Crippen molar-refractivity contribution in [2.45, 2.75) is 38.4 Å². The van der Waals surface area contributed by atoms with Gasteiger partial charge < -0.3 is 5.73 Å². The van der Waals surface area contributed by atoms with Gasteiger partial charge in [0.2, 0.25) is 0 Å². The summed E-state index contributed by atoms with van der Waals surface area (Å²) in [6.07, 6.45) is 3.24. The predicted molar refractivity (Wildman–Crippen MR) is 51.1 cm³/mol. The van der Waals surface area contributed by atoms with Crippen LogP contribution in [-0.4, -0.2) is 21.8 Å². The van der Waals surface area contributed by atoms with Gasteiger partial charge in [0.05, 0.1) is 0 Å². The highest BCUT2D eigenvalue weighted by Gasteiger charge is 2.03. The zero-order valence-electron chi connectivity index (χ0n) is 7.51. The maximum Gasteiger partial charge on any atom is 0.0291 e. The summed E-state index contributed by atoms with van der Waals surface area (Å²) in [4.78, 5) is 0. The average Bonchev–Trinajstić information content (AvgIpc) is 1.97. The molecule has 0 rings (SSSR count). The van der Waals surface area contributed by atoms with Crippen molar-refractivity contribution in [1.29, 1.82) is 0 Å². The lowest BCUT2D eigenvalue weighted by Gasteiger charge is -2.03. The molecule has 11 heavy (non-hydrogen) atoms. The van der Waals surface area contributed by atoms with E-state index in [0.717, 1.165) is 31.6 Å². The molecule has 2 N–H and O–H groups in total. The van der Waals surface area contributed by atoms with Gasteiger partial charge in [-0.05, 0) is 19.4 Å². The average molecular weight is 177 g/mol. The van der Waals surface area contributed by atoms with Gasteiger partial charge in [-0.3, -0.25) is 4.21 Å². The molecule has 0 heterocycles. The Morgan fingerprint density at radius 2 is 1.91 bits per heavy atom. The van der Waals surface area contributed by atoms with Gasteiger partial charge in [-0.15, -0.1) is 0 Å². The molecule has 0 saturated carbocycles. The van der Waals surface area contributed by atoms with Gasteiger partial charge in [-0.2, -0.15) is 0 Å². The van der Waals surface area contributed by atoms with Gasteiger partial charge >= 0.3 is 0 Å². The molecule has 3 heteroatoms. The molecule has 1 unspecified atom stereocenters. The van der Waals surface area contributed by atoms with Crippen LogP contribution in [0.25, 0.3) is 0 Å². The molecular weight excluding hydrogens is 158 g/mol. The Morgan fingerprint density at radius 1 is 1.27 bits per heavy atom. The number of unbranched alkanes of at least 4 members (excludes halogenated alkanes) is 2. The van der Waals surface area contributed by atoms with Crippen LogP contribution in [0.5, 0.6) is 0 Å². The van der Waals surface area contributed by atoms with Crippen LogP contribution in [0.3, 0.4) is 0 Å². The van der Waals surface area contributed by atoms with E-state index in [1.807, 2.05) is 13.8 Å². The Hall–Kier alpha value is 0.110. The molecule has 0 aromatic rings. The molecular formula is C8H19NOS. The third kappa shape index (κ3) is 6.51. The molecule has 0 aliphatic heterocycles. The molecule has 2 nitrogen and oxygen atoms in total. The number of nitrogens with two attached hydrogens (primary N) is 1. The highest BCUT2D eigenvalue weighted by atomic mass is 32.2. The van der Waals surface area contributed by atoms with E-state index in [1.165, 1.54) is 0 Å². The summed E-state index contributed by atoms with van der Waals surface area (Å²) in [6.45, 7) is 4.76. The molecule has 0 aromatic carbocycles. The Labute approximate surface area is 72.0 Å². The van der Waals surface area contributed by atoms with Crippen molar-refractivity contribution in [3.63, 3.8) is 0 Å². The lowest BCUT2D eigenvalue weighted by Crippen LogP contribution is -2.09. The van der Waals surface area contributed by atoms with Gasteiger partial charge in [0.1, 0.15) is 0 Å². The van der Waals surface area contributed by atoms with E-state index in [9.17, 15) is 4.21 Å². The van der Waals surface area contributed by atoms with Crippen molar-refractivity contribution in [1.82, 2.24) is 0 Å². The first-order valence-electron chi connectivity index (χ1n) is 4.25.